The lowest BCUT2D eigenvalue weighted by Gasteiger charge is -2.31. The van der Waals surface area contributed by atoms with Crippen LogP contribution in [-0.2, 0) is 6.54 Å². The highest BCUT2D eigenvalue weighted by Gasteiger charge is 2.18. The third-order valence-corrected chi connectivity index (χ3v) is 4.01. The summed E-state index contributed by atoms with van der Waals surface area (Å²) in [6, 6.07) is 5.64. The smallest absolute Gasteiger partial charge is 0.335 e. The lowest BCUT2D eigenvalue weighted by atomic mass is 9.94. The molecule has 3 N–H and O–H groups in total. The van der Waals surface area contributed by atoms with Gasteiger partial charge < -0.3 is 10.8 Å². The Labute approximate surface area is 114 Å². The lowest BCUT2D eigenvalue weighted by Crippen LogP contribution is -2.33. The van der Waals surface area contributed by atoms with E-state index >= 15 is 0 Å². The predicted octanol–water partition coefficient (Wildman–Crippen LogP) is 2.73. The van der Waals surface area contributed by atoms with Gasteiger partial charge in [-0.3, -0.25) is 4.90 Å². The van der Waals surface area contributed by atoms with Gasteiger partial charge in [-0.05, 0) is 37.6 Å². The largest absolute Gasteiger partial charge is 0.478 e. The van der Waals surface area contributed by atoms with Crippen molar-refractivity contribution < 1.29 is 9.90 Å². The molecule has 0 saturated heterocycles. The van der Waals surface area contributed by atoms with Crippen molar-refractivity contribution in [2.24, 2.45) is 0 Å². The number of anilines is 1. The molecule has 0 heterocycles. The summed E-state index contributed by atoms with van der Waals surface area (Å²) in [5.74, 6) is -0.932. The molecule has 0 atom stereocenters. The van der Waals surface area contributed by atoms with Crippen molar-refractivity contribution in [3.8, 4) is 0 Å². The van der Waals surface area contributed by atoms with Crippen molar-refractivity contribution in [2.45, 2.75) is 44.7 Å². The van der Waals surface area contributed by atoms with Crippen LogP contribution >= 0.6 is 0 Å². The third kappa shape index (κ3) is 3.47. The van der Waals surface area contributed by atoms with Crippen LogP contribution in [0.2, 0.25) is 0 Å². The van der Waals surface area contributed by atoms with Crippen molar-refractivity contribution in [3.05, 3.63) is 29.3 Å². The maximum atomic E-state index is 10.9. The molecule has 1 aromatic carbocycles. The highest BCUT2D eigenvalue weighted by Crippen LogP contribution is 2.24. The average molecular weight is 262 g/mol. The number of carboxylic acids is 1. The van der Waals surface area contributed by atoms with E-state index in [0.29, 0.717) is 11.7 Å². The van der Waals surface area contributed by atoms with Crippen LogP contribution in [0.15, 0.2) is 18.2 Å². The fourth-order valence-electron chi connectivity index (χ4n) is 2.79. The number of hydrogen-bond donors (Lipinski definition) is 2. The minimum absolute atomic E-state index is 0.251. The Bertz CT molecular complexity index is 453. The number of carbonyl (C=O) groups is 1. The number of nitrogens with two attached hydrogens (primary N) is 1. The Morgan fingerprint density at radius 3 is 2.63 bits per heavy atom. The maximum Gasteiger partial charge on any atom is 0.335 e. The van der Waals surface area contributed by atoms with Gasteiger partial charge in [0.2, 0.25) is 0 Å². The summed E-state index contributed by atoms with van der Waals surface area (Å²) in [5, 5.41) is 8.92. The predicted molar refractivity (Wildman–Crippen MR) is 76.2 cm³/mol. The molecule has 1 aliphatic carbocycles. The van der Waals surface area contributed by atoms with Gasteiger partial charge in [-0.1, -0.05) is 25.3 Å². The number of hydrogen-bond acceptors (Lipinski definition) is 3. The summed E-state index contributed by atoms with van der Waals surface area (Å²) < 4.78 is 0. The van der Waals surface area contributed by atoms with E-state index in [4.69, 9.17) is 10.8 Å². The van der Waals surface area contributed by atoms with E-state index in [2.05, 4.69) is 11.9 Å². The van der Waals surface area contributed by atoms with Gasteiger partial charge in [0.1, 0.15) is 0 Å². The molecule has 2 rings (SSSR count). The van der Waals surface area contributed by atoms with Gasteiger partial charge in [-0.2, -0.15) is 0 Å². The van der Waals surface area contributed by atoms with Crippen molar-refractivity contribution >= 4 is 11.7 Å². The molecule has 0 bridgehead atoms. The average Bonchev–Trinajstić information content (AvgIpc) is 2.41. The molecule has 1 saturated carbocycles. The van der Waals surface area contributed by atoms with Crippen LogP contribution in [0.25, 0.3) is 0 Å². The van der Waals surface area contributed by atoms with Gasteiger partial charge in [0.15, 0.2) is 0 Å². The minimum Gasteiger partial charge on any atom is -0.478 e. The van der Waals surface area contributed by atoms with Gasteiger partial charge >= 0.3 is 5.97 Å². The molecule has 0 amide bonds. The van der Waals surface area contributed by atoms with Gasteiger partial charge in [0.05, 0.1) is 5.56 Å². The number of benzene rings is 1. The molecule has 0 aliphatic heterocycles. The molecule has 4 heteroatoms. The Morgan fingerprint density at radius 2 is 2.05 bits per heavy atom. The van der Waals surface area contributed by atoms with Gasteiger partial charge in [0.25, 0.3) is 0 Å². The zero-order valence-electron chi connectivity index (χ0n) is 11.4. The molecule has 1 aliphatic rings. The first kappa shape index (κ1) is 13.9. The number of carboxylic acid groups (broad SMARTS) is 1. The van der Waals surface area contributed by atoms with Crippen LogP contribution in [-0.4, -0.2) is 29.1 Å². The Morgan fingerprint density at radius 1 is 1.37 bits per heavy atom. The van der Waals surface area contributed by atoms with E-state index in [-0.39, 0.29) is 5.56 Å². The van der Waals surface area contributed by atoms with Crippen LogP contribution in [0.3, 0.4) is 0 Å². The van der Waals surface area contributed by atoms with E-state index in [9.17, 15) is 4.79 Å². The van der Waals surface area contributed by atoms with Crippen molar-refractivity contribution in [3.63, 3.8) is 0 Å². The van der Waals surface area contributed by atoms with Crippen LogP contribution in [0.5, 0.6) is 0 Å². The second kappa shape index (κ2) is 6.06. The quantitative estimate of drug-likeness (QED) is 0.819. The van der Waals surface area contributed by atoms with E-state index in [0.717, 1.165) is 12.1 Å². The number of nitrogen functional groups attached to an aromatic ring is 1. The molecular formula is C15H22N2O2. The SMILES string of the molecule is CN(Cc1ccc(C(=O)O)cc1N)C1CCCCC1. The van der Waals surface area contributed by atoms with E-state index in [1.54, 1.807) is 12.1 Å². The zero-order chi connectivity index (χ0) is 13.8. The van der Waals surface area contributed by atoms with E-state index in [1.165, 1.54) is 32.1 Å². The maximum absolute atomic E-state index is 10.9. The summed E-state index contributed by atoms with van der Waals surface area (Å²) in [7, 11) is 2.13. The molecule has 104 valence electrons. The van der Waals surface area contributed by atoms with Gasteiger partial charge in [-0.25, -0.2) is 4.79 Å². The lowest BCUT2D eigenvalue weighted by molar-refractivity contribution is 0.0697. The molecule has 0 unspecified atom stereocenters. The summed E-state index contributed by atoms with van der Waals surface area (Å²) in [6.45, 7) is 0.788. The van der Waals surface area contributed by atoms with Crippen molar-refractivity contribution in [2.75, 3.05) is 12.8 Å². The molecule has 1 fully saturated rings. The normalized spacial score (nSPS) is 16.7. The second-order valence-electron chi connectivity index (χ2n) is 5.43. The number of nitrogens with zero attached hydrogens (tertiary/aromatic N) is 1. The molecule has 4 nitrogen and oxygen atoms in total. The van der Waals surface area contributed by atoms with Crippen molar-refractivity contribution in [1.82, 2.24) is 4.90 Å². The highest BCUT2D eigenvalue weighted by molar-refractivity contribution is 5.88. The summed E-state index contributed by atoms with van der Waals surface area (Å²) in [5.41, 5.74) is 7.78. The molecule has 19 heavy (non-hydrogen) atoms. The van der Waals surface area contributed by atoms with Gasteiger partial charge in [0, 0.05) is 18.3 Å². The standard InChI is InChI=1S/C15H22N2O2/c1-17(13-5-3-2-4-6-13)10-12-8-7-11(15(18)19)9-14(12)16/h7-9,13H,2-6,10,16H2,1H3,(H,18,19). The summed E-state index contributed by atoms with van der Waals surface area (Å²) >= 11 is 0. The fraction of sp³-hybridized carbons (Fsp3) is 0.533. The molecule has 0 aromatic heterocycles. The first-order chi connectivity index (χ1) is 9.08. The monoisotopic (exact) mass is 262 g/mol. The molecule has 0 radical (unpaired) electrons. The van der Waals surface area contributed by atoms with Crippen LogP contribution in [0, 0.1) is 0 Å². The first-order valence-corrected chi connectivity index (χ1v) is 6.90. The Balaban J connectivity index is 2.03. The fourth-order valence-corrected chi connectivity index (χ4v) is 2.79. The Kier molecular flexibility index (Phi) is 4.43. The minimum atomic E-state index is -0.932. The van der Waals surface area contributed by atoms with Crippen LogP contribution in [0.1, 0.15) is 48.0 Å². The van der Waals surface area contributed by atoms with Gasteiger partial charge in [-0.15, -0.1) is 0 Å². The van der Waals surface area contributed by atoms with E-state index < -0.39 is 5.97 Å². The van der Waals surface area contributed by atoms with E-state index in [1.807, 2.05) is 6.07 Å². The summed E-state index contributed by atoms with van der Waals surface area (Å²) in [4.78, 5) is 13.2. The third-order valence-electron chi connectivity index (χ3n) is 4.01. The number of aromatic carboxylic acids is 1. The second-order valence-corrected chi connectivity index (χ2v) is 5.43. The highest BCUT2D eigenvalue weighted by atomic mass is 16.4. The molecule has 0 spiro atoms. The topological polar surface area (TPSA) is 66.6 Å². The first-order valence-electron chi connectivity index (χ1n) is 6.90. The zero-order valence-corrected chi connectivity index (χ0v) is 11.4. The van der Waals surface area contributed by atoms with Crippen LogP contribution < -0.4 is 5.73 Å². The van der Waals surface area contributed by atoms with Crippen LogP contribution in [0.4, 0.5) is 5.69 Å². The number of rotatable bonds is 4. The van der Waals surface area contributed by atoms with Crippen molar-refractivity contribution in [1.29, 1.82) is 0 Å². The molecular weight excluding hydrogens is 240 g/mol. The summed E-state index contributed by atoms with van der Waals surface area (Å²) in [6.07, 6.45) is 6.47. The molecule has 1 aromatic rings. The Hall–Kier alpha value is -1.55.